The standard InChI is InChI=1S/C18H24N4O2/c1-14(18(24)22-9-7-21(8-10-22)15(2)23)20(3)13-17-6-4-5-16(11-17)12-19/h4-6,11,14H,7-10,13H2,1-3H3. The van der Waals surface area contributed by atoms with Crippen molar-refractivity contribution in [3.05, 3.63) is 35.4 Å². The first-order chi connectivity index (χ1) is 11.4. The first-order valence-electron chi connectivity index (χ1n) is 8.16. The van der Waals surface area contributed by atoms with E-state index in [0.29, 0.717) is 38.3 Å². The average Bonchev–Trinajstić information content (AvgIpc) is 2.60. The molecular formula is C18H24N4O2. The first-order valence-corrected chi connectivity index (χ1v) is 8.16. The summed E-state index contributed by atoms with van der Waals surface area (Å²) in [4.78, 5) is 29.6. The highest BCUT2D eigenvalue weighted by atomic mass is 16.2. The van der Waals surface area contributed by atoms with Gasteiger partial charge >= 0.3 is 0 Å². The van der Waals surface area contributed by atoms with E-state index < -0.39 is 0 Å². The van der Waals surface area contributed by atoms with Crippen molar-refractivity contribution in [3.63, 3.8) is 0 Å². The maximum atomic E-state index is 12.7. The highest BCUT2D eigenvalue weighted by Crippen LogP contribution is 2.12. The van der Waals surface area contributed by atoms with Gasteiger partial charge in [-0.1, -0.05) is 12.1 Å². The molecule has 1 unspecified atom stereocenters. The summed E-state index contributed by atoms with van der Waals surface area (Å²) in [6.07, 6.45) is 0. The zero-order valence-electron chi connectivity index (χ0n) is 14.5. The van der Waals surface area contributed by atoms with Crippen LogP contribution in [-0.4, -0.2) is 65.8 Å². The van der Waals surface area contributed by atoms with Crippen LogP contribution in [0.5, 0.6) is 0 Å². The number of rotatable bonds is 4. The van der Waals surface area contributed by atoms with Crippen LogP contribution in [0.2, 0.25) is 0 Å². The smallest absolute Gasteiger partial charge is 0.239 e. The van der Waals surface area contributed by atoms with Gasteiger partial charge in [-0.05, 0) is 31.7 Å². The van der Waals surface area contributed by atoms with Crippen molar-refractivity contribution in [2.45, 2.75) is 26.4 Å². The molecule has 24 heavy (non-hydrogen) atoms. The molecule has 0 aromatic heterocycles. The van der Waals surface area contributed by atoms with E-state index in [-0.39, 0.29) is 17.9 Å². The van der Waals surface area contributed by atoms with Crippen LogP contribution in [0.25, 0.3) is 0 Å². The van der Waals surface area contributed by atoms with E-state index in [1.54, 1.807) is 17.9 Å². The van der Waals surface area contributed by atoms with E-state index >= 15 is 0 Å². The third kappa shape index (κ3) is 4.33. The number of nitriles is 1. The zero-order chi connectivity index (χ0) is 17.7. The molecule has 6 nitrogen and oxygen atoms in total. The Morgan fingerprint density at radius 2 is 1.88 bits per heavy atom. The molecule has 1 fully saturated rings. The molecule has 0 saturated carbocycles. The van der Waals surface area contributed by atoms with Gasteiger partial charge in [-0.25, -0.2) is 0 Å². The Kier molecular flexibility index (Phi) is 5.93. The van der Waals surface area contributed by atoms with Crippen molar-refractivity contribution in [2.75, 3.05) is 33.2 Å². The van der Waals surface area contributed by atoms with Crippen LogP contribution >= 0.6 is 0 Å². The highest BCUT2D eigenvalue weighted by molar-refractivity contribution is 5.82. The number of benzene rings is 1. The lowest BCUT2D eigenvalue weighted by Crippen LogP contribution is -2.54. The Labute approximate surface area is 143 Å². The Morgan fingerprint density at radius 3 is 2.46 bits per heavy atom. The molecule has 1 aliphatic heterocycles. The molecule has 1 atom stereocenters. The van der Waals surface area contributed by atoms with Gasteiger partial charge in [-0.15, -0.1) is 0 Å². The fourth-order valence-corrected chi connectivity index (χ4v) is 2.86. The largest absolute Gasteiger partial charge is 0.339 e. The Balaban J connectivity index is 1.92. The van der Waals surface area contributed by atoms with Gasteiger partial charge in [0.15, 0.2) is 0 Å². The predicted molar refractivity (Wildman–Crippen MR) is 90.9 cm³/mol. The van der Waals surface area contributed by atoms with E-state index in [0.717, 1.165) is 5.56 Å². The predicted octanol–water partition coefficient (Wildman–Crippen LogP) is 1.07. The van der Waals surface area contributed by atoms with Crippen molar-refractivity contribution >= 4 is 11.8 Å². The minimum atomic E-state index is -0.250. The molecular weight excluding hydrogens is 304 g/mol. The Hall–Kier alpha value is -2.39. The summed E-state index contributed by atoms with van der Waals surface area (Å²) in [5, 5.41) is 8.97. The summed E-state index contributed by atoms with van der Waals surface area (Å²) in [6, 6.07) is 9.31. The highest BCUT2D eigenvalue weighted by Gasteiger charge is 2.27. The van der Waals surface area contributed by atoms with Gasteiger partial charge in [0.05, 0.1) is 17.7 Å². The van der Waals surface area contributed by atoms with E-state index in [4.69, 9.17) is 5.26 Å². The van der Waals surface area contributed by atoms with Crippen molar-refractivity contribution < 1.29 is 9.59 Å². The summed E-state index contributed by atoms with van der Waals surface area (Å²) in [5.74, 6) is 0.141. The molecule has 2 amide bonds. The quantitative estimate of drug-likeness (QED) is 0.829. The third-order valence-corrected chi connectivity index (χ3v) is 4.54. The number of carbonyl (C=O) groups excluding carboxylic acids is 2. The third-order valence-electron chi connectivity index (χ3n) is 4.54. The molecule has 1 saturated heterocycles. The molecule has 1 heterocycles. The van der Waals surface area contributed by atoms with Crippen LogP contribution in [0, 0.1) is 11.3 Å². The molecule has 1 aliphatic rings. The van der Waals surface area contributed by atoms with Gasteiger partial charge < -0.3 is 9.80 Å². The molecule has 2 rings (SSSR count). The zero-order valence-corrected chi connectivity index (χ0v) is 14.5. The minimum absolute atomic E-state index is 0.0599. The second kappa shape index (κ2) is 7.93. The van der Waals surface area contributed by atoms with E-state index in [1.165, 1.54) is 0 Å². The van der Waals surface area contributed by atoms with Crippen LogP contribution in [0.1, 0.15) is 25.0 Å². The van der Waals surface area contributed by atoms with E-state index in [1.807, 2.05) is 42.0 Å². The second-order valence-corrected chi connectivity index (χ2v) is 6.23. The summed E-state index contributed by atoms with van der Waals surface area (Å²) >= 11 is 0. The fraction of sp³-hybridized carbons (Fsp3) is 0.500. The molecule has 1 aromatic rings. The SMILES string of the molecule is CC(=O)N1CCN(C(=O)C(C)N(C)Cc2cccc(C#N)c2)CC1. The minimum Gasteiger partial charge on any atom is -0.339 e. The molecule has 0 bridgehead atoms. The number of nitrogens with zero attached hydrogens (tertiary/aromatic N) is 4. The molecule has 0 N–H and O–H groups in total. The topological polar surface area (TPSA) is 67.7 Å². The van der Waals surface area contributed by atoms with Crippen LogP contribution in [0.3, 0.4) is 0 Å². The Bertz CT molecular complexity index is 645. The molecule has 0 radical (unpaired) electrons. The van der Waals surface area contributed by atoms with Gasteiger partial charge in [0, 0.05) is 39.6 Å². The lowest BCUT2D eigenvalue weighted by atomic mass is 10.1. The number of hydrogen-bond acceptors (Lipinski definition) is 4. The molecule has 128 valence electrons. The molecule has 1 aromatic carbocycles. The monoisotopic (exact) mass is 328 g/mol. The van der Waals surface area contributed by atoms with Crippen molar-refractivity contribution in [1.82, 2.24) is 14.7 Å². The maximum Gasteiger partial charge on any atom is 0.239 e. The number of carbonyl (C=O) groups is 2. The van der Waals surface area contributed by atoms with Gasteiger partial charge in [0.1, 0.15) is 0 Å². The number of amides is 2. The fourth-order valence-electron chi connectivity index (χ4n) is 2.86. The summed E-state index contributed by atoms with van der Waals surface area (Å²) in [6.45, 7) is 6.43. The Morgan fingerprint density at radius 1 is 1.25 bits per heavy atom. The van der Waals surface area contributed by atoms with Crippen molar-refractivity contribution in [2.24, 2.45) is 0 Å². The summed E-state index contributed by atoms with van der Waals surface area (Å²) in [5.41, 5.74) is 1.64. The van der Waals surface area contributed by atoms with Crippen LogP contribution < -0.4 is 0 Å². The maximum absolute atomic E-state index is 12.7. The number of likely N-dealkylation sites (N-methyl/N-ethyl adjacent to an activating group) is 1. The van der Waals surface area contributed by atoms with Crippen LogP contribution in [0.4, 0.5) is 0 Å². The summed E-state index contributed by atoms with van der Waals surface area (Å²) < 4.78 is 0. The molecule has 0 spiro atoms. The average molecular weight is 328 g/mol. The first kappa shape index (κ1) is 18.0. The normalized spacial score (nSPS) is 16.0. The number of piperazine rings is 1. The van der Waals surface area contributed by atoms with Gasteiger partial charge in [-0.3, -0.25) is 14.5 Å². The van der Waals surface area contributed by atoms with Gasteiger partial charge in [-0.2, -0.15) is 5.26 Å². The lowest BCUT2D eigenvalue weighted by molar-refractivity contribution is -0.141. The van der Waals surface area contributed by atoms with E-state index in [9.17, 15) is 9.59 Å². The van der Waals surface area contributed by atoms with Crippen LogP contribution in [-0.2, 0) is 16.1 Å². The summed E-state index contributed by atoms with van der Waals surface area (Å²) in [7, 11) is 1.91. The molecule has 6 heteroatoms. The molecule has 0 aliphatic carbocycles. The van der Waals surface area contributed by atoms with Gasteiger partial charge in [0.25, 0.3) is 0 Å². The van der Waals surface area contributed by atoms with E-state index in [2.05, 4.69) is 6.07 Å². The van der Waals surface area contributed by atoms with Crippen LogP contribution in [0.15, 0.2) is 24.3 Å². The number of hydrogen-bond donors (Lipinski definition) is 0. The van der Waals surface area contributed by atoms with Gasteiger partial charge in [0.2, 0.25) is 11.8 Å². The van der Waals surface area contributed by atoms with Crippen molar-refractivity contribution in [3.8, 4) is 6.07 Å². The van der Waals surface area contributed by atoms with Crippen molar-refractivity contribution in [1.29, 1.82) is 5.26 Å². The lowest BCUT2D eigenvalue weighted by Gasteiger charge is -2.37. The second-order valence-electron chi connectivity index (χ2n) is 6.23.